The number of hydrogen-bond acceptors (Lipinski definition) is 5. The average molecular weight is 279 g/mol. The summed E-state index contributed by atoms with van der Waals surface area (Å²) in [6.45, 7) is 0. The molecule has 1 aromatic carbocycles. The molecule has 0 aliphatic heterocycles. The van der Waals surface area contributed by atoms with E-state index in [9.17, 15) is 4.39 Å². The maximum Gasteiger partial charge on any atom is 0.243 e. The molecule has 19 heavy (non-hydrogen) atoms. The molecule has 0 atom stereocenters. The second-order valence-electron chi connectivity index (χ2n) is 3.42. The van der Waals surface area contributed by atoms with E-state index in [-0.39, 0.29) is 22.2 Å². The summed E-state index contributed by atoms with van der Waals surface area (Å²) in [5, 5.41) is 11.8. The number of benzene rings is 1. The number of nitrogens with one attached hydrogen (secondary N) is 1. The van der Waals surface area contributed by atoms with Crippen molar-refractivity contribution in [1.82, 2.24) is 9.97 Å². The van der Waals surface area contributed by atoms with Crippen molar-refractivity contribution in [3.05, 3.63) is 40.8 Å². The molecule has 0 aliphatic carbocycles. The van der Waals surface area contributed by atoms with E-state index in [2.05, 4.69) is 15.3 Å². The Morgan fingerprint density at radius 2 is 2.26 bits per heavy atom. The van der Waals surface area contributed by atoms with Crippen LogP contribution in [0.1, 0.15) is 5.56 Å². The Kier molecular flexibility index (Phi) is 3.78. The summed E-state index contributed by atoms with van der Waals surface area (Å²) in [6.07, 6.45) is 1.35. The zero-order valence-electron chi connectivity index (χ0n) is 9.82. The standard InChI is InChI=1S/C12H8ClFN4O/c1-16-12-17-6-8(13)11(18-12)19-10-4-2-3-9(14)7(10)5-15/h2-4,6H,1H3,(H,16,17,18). The van der Waals surface area contributed by atoms with Crippen molar-refractivity contribution in [1.29, 1.82) is 5.26 Å². The van der Waals surface area contributed by atoms with Crippen LogP contribution in [0.15, 0.2) is 24.4 Å². The Balaban J connectivity index is 2.42. The highest BCUT2D eigenvalue weighted by Crippen LogP contribution is 2.30. The third-order valence-corrected chi connectivity index (χ3v) is 2.49. The predicted molar refractivity (Wildman–Crippen MR) is 67.8 cm³/mol. The normalized spacial score (nSPS) is 9.79. The number of hydrogen-bond donors (Lipinski definition) is 1. The van der Waals surface area contributed by atoms with Gasteiger partial charge in [-0.05, 0) is 12.1 Å². The molecular weight excluding hydrogens is 271 g/mol. The van der Waals surface area contributed by atoms with E-state index in [1.54, 1.807) is 13.1 Å². The maximum atomic E-state index is 13.4. The number of rotatable bonds is 3. The summed E-state index contributed by atoms with van der Waals surface area (Å²) in [7, 11) is 1.63. The first kappa shape index (κ1) is 13.1. The van der Waals surface area contributed by atoms with Crippen LogP contribution in [0, 0.1) is 17.1 Å². The SMILES string of the molecule is CNc1ncc(Cl)c(Oc2cccc(F)c2C#N)n1. The second kappa shape index (κ2) is 5.50. The Morgan fingerprint density at radius 1 is 1.47 bits per heavy atom. The molecule has 1 heterocycles. The van der Waals surface area contributed by atoms with Crippen LogP contribution in [-0.4, -0.2) is 17.0 Å². The van der Waals surface area contributed by atoms with Crippen LogP contribution >= 0.6 is 11.6 Å². The molecule has 1 N–H and O–H groups in total. The van der Waals surface area contributed by atoms with Gasteiger partial charge in [0.05, 0.1) is 6.20 Å². The van der Waals surface area contributed by atoms with Gasteiger partial charge in [-0.25, -0.2) is 9.37 Å². The van der Waals surface area contributed by atoms with Gasteiger partial charge in [-0.3, -0.25) is 0 Å². The molecule has 0 aliphatic rings. The summed E-state index contributed by atoms with van der Waals surface area (Å²) in [5.41, 5.74) is -0.205. The third-order valence-electron chi connectivity index (χ3n) is 2.23. The Labute approximate surface area is 113 Å². The van der Waals surface area contributed by atoms with Crippen LogP contribution in [-0.2, 0) is 0 Å². The zero-order valence-corrected chi connectivity index (χ0v) is 10.6. The molecule has 0 saturated heterocycles. The highest BCUT2D eigenvalue weighted by molar-refractivity contribution is 6.31. The minimum absolute atomic E-state index is 0.0446. The number of aromatic nitrogens is 2. The van der Waals surface area contributed by atoms with Gasteiger partial charge in [-0.2, -0.15) is 10.2 Å². The summed E-state index contributed by atoms with van der Waals surface area (Å²) in [5.74, 6) is -0.276. The molecule has 0 unspecified atom stereocenters. The Morgan fingerprint density at radius 3 is 2.95 bits per heavy atom. The van der Waals surface area contributed by atoms with Crippen molar-refractivity contribution in [3.8, 4) is 17.7 Å². The fourth-order valence-corrected chi connectivity index (χ4v) is 1.48. The predicted octanol–water partition coefficient (Wildman–Crippen LogP) is 2.97. The molecule has 2 aromatic rings. The summed E-state index contributed by atoms with van der Waals surface area (Å²) >= 11 is 5.88. The minimum Gasteiger partial charge on any atom is -0.436 e. The van der Waals surface area contributed by atoms with Crippen LogP contribution in [0.3, 0.4) is 0 Å². The van der Waals surface area contributed by atoms with Crippen molar-refractivity contribution in [2.45, 2.75) is 0 Å². The quantitative estimate of drug-likeness (QED) is 0.934. The topological polar surface area (TPSA) is 70.8 Å². The highest BCUT2D eigenvalue weighted by atomic mass is 35.5. The minimum atomic E-state index is -0.668. The van der Waals surface area contributed by atoms with E-state index in [0.717, 1.165) is 0 Å². The van der Waals surface area contributed by atoms with Crippen molar-refractivity contribution in [3.63, 3.8) is 0 Å². The number of halogens is 2. The lowest BCUT2D eigenvalue weighted by Crippen LogP contribution is -1.99. The zero-order chi connectivity index (χ0) is 13.8. The molecule has 1 aromatic heterocycles. The largest absolute Gasteiger partial charge is 0.436 e. The lowest BCUT2D eigenvalue weighted by atomic mass is 10.2. The van der Waals surface area contributed by atoms with Crippen LogP contribution in [0.2, 0.25) is 5.02 Å². The molecule has 0 fully saturated rings. The van der Waals surface area contributed by atoms with Gasteiger partial charge in [0.15, 0.2) is 0 Å². The van der Waals surface area contributed by atoms with Gasteiger partial charge in [0.1, 0.15) is 28.2 Å². The van der Waals surface area contributed by atoms with Gasteiger partial charge in [0.25, 0.3) is 0 Å². The molecule has 96 valence electrons. The van der Waals surface area contributed by atoms with E-state index >= 15 is 0 Å². The van der Waals surface area contributed by atoms with Gasteiger partial charge in [-0.1, -0.05) is 17.7 Å². The average Bonchev–Trinajstić information content (AvgIpc) is 2.41. The molecule has 0 bridgehead atoms. The van der Waals surface area contributed by atoms with Crippen LogP contribution in [0.25, 0.3) is 0 Å². The van der Waals surface area contributed by atoms with E-state index in [0.29, 0.717) is 5.95 Å². The fourth-order valence-electron chi connectivity index (χ4n) is 1.35. The molecule has 0 spiro atoms. The monoisotopic (exact) mass is 278 g/mol. The first-order valence-electron chi connectivity index (χ1n) is 5.22. The Hall–Kier alpha value is -2.39. The molecule has 0 radical (unpaired) electrons. The van der Waals surface area contributed by atoms with Crippen LogP contribution in [0.5, 0.6) is 11.6 Å². The second-order valence-corrected chi connectivity index (χ2v) is 3.83. The molecule has 0 amide bonds. The lowest BCUT2D eigenvalue weighted by Gasteiger charge is -2.09. The van der Waals surface area contributed by atoms with Crippen LogP contribution < -0.4 is 10.1 Å². The number of anilines is 1. The van der Waals surface area contributed by atoms with Gasteiger partial charge < -0.3 is 10.1 Å². The van der Waals surface area contributed by atoms with Gasteiger partial charge in [0, 0.05) is 7.05 Å². The van der Waals surface area contributed by atoms with Gasteiger partial charge in [-0.15, -0.1) is 0 Å². The molecule has 0 saturated carbocycles. The van der Waals surface area contributed by atoms with E-state index < -0.39 is 5.82 Å². The van der Waals surface area contributed by atoms with Crippen LogP contribution in [0.4, 0.5) is 10.3 Å². The number of ether oxygens (including phenoxy) is 1. The smallest absolute Gasteiger partial charge is 0.243 e. The van der Waals surface area contributed by atoms with Crippen molar-refractivity contribution < 1.29 is 9.13 Å². The summed E-state index contributed by atoms with van der Waals surface area (Å²) < 4.78 is 18.8. The van der Waals surface area contributed by atoms with Crippen molar-refractivity contribution >= 4 is 17.5 Å². The van der Waals surface area contributed by atoms with Gasteiger partial charge >= 0.3 is 0 Å². The van der Waals surface area contributed by atoms with Crippen molar-refractivity contribution in [2.75, 3.05) is 12.4 Å². The summed E-state index contributed by atoms with van der Waals surface area (Å²) in [4.78, 5) is 7.87. The van der Waals surface area contributed by atoms with E-state index in [1.807, 2.05) is 0 Å². The fraction of sp³-hybridized carbons (Fsp3) is 0.0833. The maximum absolute atomic E-state index is 13.4. The molecular formula is C12H8ClFN4O. The lowest BCUT2D eigenvalue weighted by molar-refractivity contribution is 0.456. The van der Waals surface area contributed by atoms with E-state index in [1.165, 1.54) is 24.4 Å². The Bertz CT molecular complexity index is 657. The third kappa shape index (κ3) is 2.72. The highest BCUT2D eigenvalue weighted by Gasteiger charge is 2.13. The number of nitriles is 1. The number of nitrogens with zero attached hydrogens (tertiary/aromatic N) is 3. The van der Waals surface area contributed by atoms with Crippen molar-refractivity contribution in [2.24, 2.45) is 0 Å². The molecule has 5 nitrogen and oxygen atoms in total. The molecule has 7 heteroatoms. The van der Waals surface area contributed by atoms with Gasteiger partial charge in [0.2, 0.25) is 11.8 Å². The first-order valence-corrected chi connectivity index (χ1v) is 5.60. The molecule has 2 rings (SSSR count). The first-order chi connectivity index (χ1) is 9.15. The summed E-state index contributed by atoms with van der Waals surface area (Å²) in [6, 6.07) is 5.79. The van der Waals surface area contributed by atoms with E-state index in [4.69, 9.17) is 21.6 Å².